The molecule has 1 amide bonds. The van der Waals surface area contributed by atoms with Crippen molar-refractivity contribution in [2.75, 3.05) is 13.6 Å². The number of likely N-dealkylation sites (tertiary alicyclic amines) is 1. The minimum absolute atomic E-state index is 0.0583. The van der Waals surface area contributed by atoms with Crippen molar-refractivity contribution in [3.8, 4) is 0 Å². The van der Waals surface area contributed by atoms with Gasteiger partial charge >= 0.3 is 0 Å². The molecule has 5 heteroatoms. The van der Waals surface area contributed by atoms with Gasteiger partial charge in [-0.2, -0.15) is 0 Å². The van der Waals surface area contributed by atoms with Gasteiger partial charge in [0.2, 0.25) is 5.91 Å². The second kappa shape index (κ2) is 5.13. The van der Waals surface area contributed by atoms with Gasteiger partial charge in [0, 0.05) is 18.6 Å². The molecule has 102 valence electrons. The van der Waals surface area contributed by atoms with Gasteiger partial charge in [0.15, 0.2) is 0 Å². The summed E-state index contributed by atoms with van der Waals surface area (Å²) in [6, 6.07) is 0.793. The minimum atomic E-state index is -0.540. The van der Waals surface area contributed by atoms with Crippen molar-refractivity contribution >= 4 is 23.1 Å². The smallest absolute Gasteiger partial charge is 0.233 e. The number of hydrogen-bond donors (Lipinski definition) is 2. The van der Waals surface area contributed by atoms with Gasteiger partial charge in [0.25, 0.3) is 0 Å². The third-order valence-electron chi connectivity index (χ3n) is 4.66. The number of hydrogen-bond acceptors (Lipinski definition) is 3. The maximum atomic E-state index is 12.4. The quantitative estimate of drug-likeness (QED) is 0.752. The summed E-state index contributed by atoms with van der Waals surface area (Å²) in [5.41, 5.74) is 5.21. The largest absolute Gasteiger partial charge is 0.392 e. The number of carbonyl (C=O) groups excluding carboxylic acids is 1. The Labute approximate surface area is 114 Å². The van der Waals surface area contributed by atoms with Crippen LogP contribution in [0.1, 0.15) is 39.0 Å². The van der Waals surface area contributed by atoms with E-state index < -0.39 is 5.41 Å². The molecule has 1 saturated heterocycles. The molecule has 1 aliphatic carbocycles. The molecule has 2 fully saturated rings. The van der Waals surface area contributed by atoms with Crippen LogP contribution >= 0.6 is 12.2 Å². The molecule has 0 spiro atoms. The third-order valence-corrected chi connectivity index (χ3v) is 5.05. The molecule has 0 aromatic heterocycles. The maximum absolute atomic E-state index is 12.4. The molecule has 0 radical (unpaired) electrons. The van der Waals surface area contributed by atoms with Gasteiger partial charge < -0.3 is 16.0 Å². The Kier molecular flexibility index (Phi) is 3.92. The maximum Gasteiger partial charge on any atom is 0.233 e. The summed E-state index contributed by atoms with van der Waals surface area (Å²) in [6.45, 7) is 3.23. The van der Waals surface area contributed by atoms with E-state index >= 15 is 0 Å². The highest BCUT2D eigenvalue weighted by Gasteiger charge is 2.47. The normalized spacial score (nSPS) is 31.4. The second-order valence-electron chi connectivity index (χ2n) is 5.82. The van der Waals surface area contributed by atoms with E-state index in [0.717, 1.165) is 38.6 Å². The molecule has 2 unspecified atom stereocenters. The predicted molar refractivity (Wildman–Crippen MR) is 76.3 cm³/mol. The fourth-order valence-electron chi connectivity index (χ4n) is 2.86. The number of thiocarbonyl (C=S) groups is 1. The Bertz CT molecular complexity index is 354. The molecule has 18 heavy (non-hydrogen) atoms. The van der Waals surface area contributed by atoms with E-state index in [2.05, 4.69) is 24.2 Å². The molecule has 1 aliphatic heterocycles. The van der Waals surface area contributed by atoms with Crippen molar-refractivity contribution in [3.05, 3.63) is 0 Å². The summed E-state index contributed by atoms with van der Waals surface area (Å²) in [4.78, 5) is 15.0. The summed E-state index contributed by atoms with van der Waals surface area (Å²) in [5.74, 6) is 0.0583. The summed E-state index contributed by atoms with van der Waals surface area (Å²) < 4.78 is 0. The molecular weight excluding hydrogens is 246 g/mol. The SMILES string of the molecule is CC1CC(NC(=O)C2(C(N)=S)CCC2)CCN1C. The number of carbonyl (C=O) groups is 1. The van der Waals surface area contributed by atoms with Crippen LogP contribution in [0.3, 0.4) is 0 Å². The number of rotatable bonds is 3. The first kappa shape index (κ1) is 13.7. The van der Waals surface area contributed by atoms with Gasteiger partial charge in [-0.15, -0.1) is 0 Å². The van der Waals surface area contributed by atoms with Crippen molar-refractivity contribution in [2.24, 2.45) is 11.1 Å². The van der Waals surface area contributed by atoms with E-state index in [9.17, 15) is 4.79 Å². The van der Waals surface area contributed by atoms with E-state index in [-0.39, 0.29) is 11.9 Å². The summed E-state index contributed by atoms with van der Waals surface area (Å²) in [6.07, 6.45) is 4.71. The third kappa shape index (κ3) is 2.38. The molecule has 1 heterocycles. The Morgan fingerprint density at radius 1 is 1.50 bits per heavy atom. The first-order valence-electron chi connectivity index (χ1n) is 6.77. The van der Waals surface area contributed by atoms with Crippen molar-refractivity contribution in [1.29, 1.82) is 0 Å². The molecule has 0 aromatic carbocycles. The number of nitrogens with one attached hydrogen (secondary N) is 1. The van der Waals surface area contributed by atoms with E-state index in [4.69, 9.17) is 18.0 Å². The Balaban J connectivity index is 1.93. The van der Waals surface area contributed by atoms with Crippen molar-refractivity contribution in [2.45, 2.75) is 51.1 Å². The molecular formula is C13H23N3OS. The van der Waals surface area contributed by atoms with Crippen LogP contribution in [0.15, 0.2) is 0 Å². The van der Waals surface area contributed by atoms with Gasteiger partial charge in [-0.25, -0.2) is 0 Å². The highest BCUT2D eigenvalue weighted by atomic mass is 32.1. The fourth-order valence-corrected chi connectivity index (χ4v) is 3.16. The summed E-state index contributed by atoms with van der Waals surface area (Å²) >= 11 is 5.08. The van der Waals surface area contributed by atoms with Crippen LogP contribution in [0.25, 0.3) is 0 Å². The second-order valence-corrected chi connectivity index (χ2v) is 6.26. The lowest BCUT2D eigenvalue weighted by atomic mass is 9.68. The number of amides is 1. The van der Waals surface area contributed by atoms with Crippen LogP contribution in [0.4, 0.5) is 0 Å². The lowest BCUT2D eigenvalue weighted by Gasteiger charge is -2.42. The van der Waals surface area contributed by atoms with E-state index in [1.165, 1.54) is 0 Å². The van der Waals surface area contributed by atoms with Crippen molar-refractivity contribution in [3.63, 3.8) is 0 Å². The fraction of sp³-hybridized carbons (Fsp3) is 0.846. The first-order chi connectivity index (χ1) is 8.45. The van der Waals surface area contributed by atoms with Gasteiger partial charge in [-0.05, 0) is 39.7 Å². The Hall–Kier alpha value is -0.680. The Morgan fingerprint density at radius 2 is 2.17 bits per heavy atom. The van der Waals surface area contributed by atoms with Crippen LogP contribution < -0.4 is 11.1 Å². The topological polar surface area (TPSA) is 58.4 Å². The molecule has 3 N–H and O–H groups in total. The zero-order valence-corrected chi connectivity index (χ0v) is 12.1. The highest BCUT2D eigenvalue weighted by Crippen LogP contribution is 2.41. The van der Waals surface area contributed by atoms with Crippen LogP contribution in [0, 0.1) is 5.41 Å². The summed E-state index contributed by atoms with van der Waals surface area (Å²) in [5, 5.41) is 3.16. The van der Waals surface area contributed by atoms with Crippen molar-refractivity contribution < 1.29 is 4.79 Å². The predicted octanol–water partition coefficient (Wildman–Crippen LogP) is 1.04. The van der Waals surface area contributed by atoms with E-state index in [1.807, 2.05) is 0 Å². The lowest BCUT2D eigenvalue weighted by Crippen LogP contribution is -2.57. The zero-order chi connectivity index (χ0) is 13.3. The van der Waals surface area contributed by atoms with Gasteiger partial charge in [-0.3, -0.25) is 4.79 Å². The van der Waals surface area contributed by atoms with Gasteiger partial charge in [0.1, 0.15) is 0 Å². The monoisotopic (exact) mass is 269 g/mol. The van der Waals surface area contributed by atoms with Crippen molar-refractivity contribution in [1.82, 2.24) is 10.2 Å². The lowest BCUT2D eigenvalue weighted by molar-refractivity contribution is -0.132. The molecule has 2 rings (SSSR count). The van der Waals surface area contributed by atoms with E-state index in [1.54, 1.807) is 0 Å². The molecule has 0 bridgehead atoms. The van der Waals surface area contributed by atoms with Crippen LogP contribution in [-0.4, -0.2) is 41.5 Å². The number of nitrogens with two attached hydrogens (primary N) is 1. The highest BCUT2D eigenvalue weighted by molar-refractivity contribution is 7.80. The number of nitrogens with zero attached hydrogens (tertiary/aromatic N) is 1. The van der Waals surface area contributed by atoms with Crippen LogP contribution in [0.2, 0.25) is 0 Å². The first-order valence-corrected chi connectivity index (χ1v) is 7.17. The number of piperidine rings is 1. The average molecular weight is 269 g/mol. The Morgan fingerprint density at radius 3 is 2.61 bits per heavy atom. The van der Waals surface area contributed by atoms with Gasteiger partial charge in [0.05, 0.1) is 10.4 Å². The van der Waals surface area contributed by atoms with Crippen LogP contribution in [0.5, 0.6) is 0 Å². The standard InChI is InChI=1S/C13H23N3OS/c1-9-8-10(4-7-16(9)2)15-12(17)13(11(14)18)5-3-6-13/h9-10H,3-8H2,1-2H3,(H2,14,18)(H,15,17). The van der Waals surface area contributed by atoms with E-state index in [0.29, 0.717) is 11.0 Å². The minimum Gasteiger partial charge on any atom is -0.392 e. The molecule has 2 aliphatic rings. The molecule has 2 atom stereocenters. The molecule has 4 nitrogen and oxygen atoms in total. The molecule has 0 aromatic rings. The molecule has 1 saturated carbocycles. The summed E-state index contributed by atoms with van der Waals surface area (Å²) in [7, 11) is 2.13. The average Bonchev–Trinajstić information content (AvgIpc) is 2.21. The van der Waals surface area contributed by atoms with Gasteiger partial charge in [-0.1, -0.05) is 18.6 Å². The zero-order valence-electron chi connectivity index (χ0n) is 11.2. The van der Waals surface area contributed by atoms with Crippen LogP contribution in [-0.2, 0) is 4.79 Å².